The summed E-state index contributed by atoms with van der Waals surface area (Å²) in [5, 5.41) is 13.2. The normalized spacial score (nSPS) is 12.1. The van der Waals surface area contributed by atoms with Gasteiger partial charge in [-0.2, -0.15) is 0 Å². The van der Waals surface area contributed by atoms with Crippen LogP contribution < -0.4 is 11.1 Å². The molecule has 7 nitrogen and oxygen atoms in total. The fourth-order valence-corrected chi connectivity index (χ4v) is 1.50. The van der Waals surface area contributed by atoms with Gasteiger partial charge >= 0.3 is 0 Å². The Labute approximate surface area is 104 Å². The van der Waals surface area contributed by atoms with Crippen molar-refractivity contribution >= 4 is 5.91 Å². The average molecular weight is 246 g/mol. The molecule has 1 amide bonds. The van der Waals surface area contributed by atoms with Crippen LogP contribution in [0.1, 0.15) is 11.6 Å². The van der Waals surface area contributed by atoms with E-state index in [0.29, 0.717) is 6.54 Å². The van der Waals surface area contributed by atoms with Gasteiger partial charge in [-0.25, -0.2) is 4.68 Å². The molecule has 0 saturated carbocycles. The Hall–Kier alpha value is -2.28. The zero-order valence-corrected chi connectivity index (χ0v) is 9.73. The second-order valence-electron chi connectivity index (χ2n) is 3.83. The molecule has 0 fully saturated rings. The van der Waals surface area contributed by atoms with Crippen LogP contribution in [-0.2, 0) is 11.3 Å². The van der Waals surface area contributed by atoms with Crippen LogP contribution in [0.25, 0.3) is 0 Å². The Morgan fingerprint density at radius 3 is 2.83 bits per heavy atom. The van der Waals surface area contributed by atoms with Crippen molar-refractivity contribution in [2.24, 2.45) is 5.73 Å². The molecule has 0 spiro atoms. The third-order valence-electron chi connectivity index (χ3n) is 2.44. The molecule has 94 valence electrons. The Morgan fingerprint density at radius 1 is 1.39 bits per heavy atom. The molecule has 1 aromatic carbocycles. The lowest BCUT2D eigenvalue weighted by Crippen LogP contribution is -2.34. The van der Waals surface area contributed by atoms with Gasteiger partial charge in [0.2, 0.25) is 5.91 Å². The summed E-state index contributed by atoms with van der Waals surface area (Å²) in [5.74, 6) is -0.173. The monoisotopic (exact) mass is 246 g/mol. The number of carbonyl (C=O) groups is 1. The van der Waals surface area contributed by atoms with E-state index in [-0.39, 0.29) is 18.5 Å². The predicted molar refractivity (Wildman–Crippen MR) is 64.2 cm³/mol. The van der Waals surface area contributed by atoms with Gasteiger partial charge in [-0.05, 0) is 16.0 Å². The van der Waals surface area contributed by atoms with E-state index in [9.17, 15) is 4.79 Å². The van der Waals surface area contributed by atoms with Crippen molar-refractivity contribution in [3.05, 3.63) is 42.2 Å². The van der Waals surface area contributed by atoms with E-state index in [0.717, 1.165) is 5.56 Å². The molecular weight excluding hydrogens is 232 g/mol. The fourth-order valence-electron chi connectivity index (χ4n) is 1.50. The third kappa shape index (κ3) is 3.36. The maximum absolute atomic E-state index is 11.6. The first kappa shape index (κ1) is 12.2. The number of carbonyl (C=O) groups excluding carboxylic acids is 1. The zero-order chi connectivity index (χ0) is 12.8. The third-order valence-corrected chi connectivity index (χ3v) is 2.44. The van der Waals surface area contributed by atoms with Crippen molar-refractivity contribution in [3.63, 3.8) is 0 Å². The number of aromatic nitrogens is 4. The van der Waals surface area contributed by atoms with Crippen molar-refractivity contribution in [3.8, 4) is 0 Å². The molecule has 0 aliphatic carbocycles. The molecule has 0 aliphatic rings. The summed E-state index contributed by atoms with van der Waals surface area (Å²) in [6.07, 6.45) is 1.39. The first-order valence-electron chi connectivity index (χ1n) is 5.53. The van der Waals surface area contributed by atoms with Crippen LogP contribution in [0.3, 0.4) is 0 Å². The van der Waals surface area contributed by atoms with E-state index < -0.39 is 0 Å². The SMILES string of the molecule is NC(CNC(=O)Cn1cnnn1)c1ccccc1. The lowest BCUT2D eigenvalue weighted by atomic mass is 10.1. The highest BCUT2D eigenvalue weighted by atomic mass is 16.2. The van der Waals surface area contributed by atoms with Crippen molar-refractivity contribution in [2.45, 2.75) is 12.6 Å². The maximum Gasteiger partial charge on any atom is 0.241 e. The molecule has 0 saturated heterocycles. The Bertz CT molecular complexity index is 483. The smallest absolute Gasteiger partial charge is 0.241 e. The first-order valence-corrected chi connectivity index (χ1v) is 5.53. The lowest BCUT2D eigenvalue weighted by molar-refractivity contribution is -0.121. The van der Waals surface area contributed by atoms with E-state index in [1.54, 1.807) is 0 Å². The second-order valence-corrected chi connectivity index (χ2v) is 3.83. The summed E-state index contributed by atoms with van der Waals surface area (Å²) >= 11 is 0. The minimum Gasteiger partial charge on any atom is -0.353 e. The van der Waals surface area contributed by atoms with Crippen LogP contribution in [0.5, 0.6) is 0 Å². The van der Waals surface area contributed by atoms with E-state index in [4.69, 9.17) is 5.73 Å². The quantitative estimate of drug-likeness (QED) is 0.740. The van der Waals surface area contributed by atoms with Crippen LogP contribution in [0, 0.1) is 0 Å². The Kier molecular flexibility index (Phi) is 3.98. The van der Waals surface area contributed by atoms with Gasteiger partial charge in [0.1, 0.15) is 12.9 Å². The number of nitrogens with zero attached hydrogens (tertiary/aromatic N) is 4. The predicted octanol–water partition coefficient (Wildman–Crippen LogP) is -0.511. The number of hydrogen-bond donors (Lipinski definition) is 2. The van der Waals surface area contributed by atoms with Gasteiger partial charge in [-0.1, -0.05) is 30.3 Å². The molecule has 2 aromatic rings. The number of rotatable bonds is 5. The first-order chi connectivity index (χ1) is 8.75. The minimum atomic E-state index is -0.218. The van der Waals surface area contributed by atoms with Crippen molar-refractivity contribution in [1.82, 2.24) is 25.5 Å². The molecule has 3 N–H and O–H groups in total. The molecule has 7 heteroatoms. The van der Waals surface area contributed by atoms with Gasteiger partial charge in [0.15, 0.2) is 0 Å². The van der Waals surface area contributed by atoms with Crippen LogP contribution in [0.4, 0.5) is 0 Å². The van der Waals surface area contributed by atoms with Gasteiger partial charge in [0, 0.05) is 12.6 Å². The van der Waals surface area contributed by atoms with E-state index in [1.165, 1.54) is 11.0 Å². The summed E-state index contributed by atoms with van der Waals surface area (Å²) in [4.78, 5) is 11.6. The van der Waals surface area contributed by atoms with Gasteiger partial charge < -0.3 is 11.1 Å². The minimum absolute atomic E-state index is 0.0918. The average Bonchev–Trinajstić information content (AvgIpc) is 2.90. The second kappa shape index (κ2) is 5.87. The number of tetrazole rings is 1. The number of nitrogens with one attached hydrogen (secondary N) is 1. The van der Waals surface area contributed by atoms with E-state index in [2.05, 4.69) is 20.8 Å². The summed E-state index contributed by atoms with van der Waals surface area (Å²) in [6, 6.07) is 9.39. The largest absolute Gasteiger partial charge is 0.353 e. The molecule has 0 bridgehead atoms. The molecule has 1 atom stereocenters. The lowest BCUT2D eigenvalue weighted by Gasteiger charge is -2.12. The number of amides is 1. The highest BCUT2D eigenvalue weighted by molar-refractivity contribution is 5.75. The molecular formula is C11H14N6O. The van der Waals surface area contributed by atoms with E-state index in [1.807, 2.05) is 30.3 Å². The number of benzene rings is 1. The van der Waals surface area contributed by atoms with Gasteiger partial charge in [-0.3, -0.25) is 4.79 Å². The molecule has 18 heavy (non-hydrogen) atoms. The summed E-state index contributed by atoms with van der Waals surface area (Å²) in [5.41, 5.74) is 6.94. The van der Waals surface area contributed by atoms with Crippen molar-refractivity contribution < 1.29 is 4.79 Å². The van der Waals surface area contributed by atoms with Crippen LogP contribution in [0.15, 0.2) is 36.7 Å². The molecule has 1 heterocycles. The molecule has 1 unspecified atom stereocenters. The van der Waals surface area contributed by atoms with Crippen LogP contribution in [-0.4, -0.2) is 32.7 Å². The topological polar surface area (TPSA) is 98.7 Å². The Balaban J connectivity index is 1.79. The maximum atomic E-state index is 11.6. The van der Waals surface area contributed by atoms with Gasteiger partial charge in [0.25, 0.3) is 0 Å². The highest BCUT2D eigenvalue weighted by Crippen LogP contribution is 2.07. The zero-order valence-electron chi connectivity index (χ0n) is 9.73. The summed E-state index contributed by atoms with van der Waals surface area (Å²) in [7, 11) is 0. The molecule has 1 aromatic heterocycles. The molecule has 0 radical (unpaired) electrons. The Morgan fingerprint density at radius 2 is 2.17 bits per heavy atom. The standard InChI is InChI=1S/C11H14N6O/c12-10(9-4-2-1-3-5-9)6-13-11(18)7-17-8-14-15-16-17/h1-5,8,10H,6-7,12H2,(H,13,18). The van der Waals surface area contributed by atoms with Crippen LogP contribution >= 0.6 is 0 Å². The van der Waals surface area contributed by atoms with Gasteiger partial charge in [-0.15, -0.1) is 5.10 Å². The highest BCUT2D eigenvalue weighted by Gasteiger charge is 2.08. The fraction of sp³-hybridized carbons (Fsp3) is 0.273. The van der Waals surface area contributed by atoms with Crippen LogP contribution in [0.2, 0.25) is 0 Å². The summed E-state index contributed by atoms with van der Waals surface area (Å²) in [6.45, 7) is 0.472. The number of nitrogens with two attached hydrogens (primary N) is 1. The van der Waals surface area contributed by atoms with E-state index >= 15 is 0 Å². The van der Waals surface area contributed by atoms with Gasteiger partial charge in [0.05, 0.1) is 0 Å². The number of hydrogen-bond acceptors (Lipinski definition) is 5. The van der Waals surface area contributed by atoms with Crippen molar-refractivity contribution in [2.75, 3.05) is 6.54 Å². The molecule has 2 rings (SSSR count). The molecule has 0 aliphatic heterocycles. The summed E-state index contributed by atoms with van der Waals surface area (Å²) < 4.78 is 1.35. The van der Waals surface area contributed by atoms with Crippen molar-refractivity contribution in [1.29, 1.82) is 0 Å².